The van der Waals surface area contributed by atoms with Gasteiger partial charge < -0.3 is 11.2 Å². The number of nitrogen functional groups attached to an aromatic ring is 1. The Kier molecular flexibility index (Phi) is 5.67. The zero-order chi connectivity index (χ0) is 14.3. The molecule has 0 fully saturated rings. The number of amides is 1. The third-order valence-electron chi connectivity index (χ3n) is 2.37. The van der Waals surface area contributed by atoms with E-state index in [-0.39, 0.29) is 23.5 Å². The van der Waals surface area contributed by atoms with Crippen molar-refractivity contribution < 1.29 is 13.2 Å². The number of unbranched alkanes of at least 4 members (excludes halogenated alkanes) is 1. The SMILES string of the molecule is NNc1ccncc1S(=O)(=O)NCCCCC(N)=O. The smallest absolute Gasteiger partial charge is 0.244 e. The second-order valence-electron chi connectivity index (χ2n) is 3.84. The highest BCUT2D eigenvalue weighted by molar-refractivity contribution is 7.89. The van der Waals surface area contributed by atoms with E-state index >= 15 is 0 Å². The van der Waals surface area contributed by atoms with Crippen LogP contribution in [0.1, 0.15) is 19.3 Å². The molecule has 0 aromatic carbocycles. The predicted octanol–water partition coefficient (Wildman–Crippen LogP) is -0.699. The van der Waals surface area contributed by atoms with Crippen molar-refractivity contribution in [3.63, 3.8) is 0 Å². The van der Waals surface area contributed by atoms with Gasteiger partial charge in [-0.15, -0.1) is 0 Å². The molecule has 19 heavy (non-hydrogen) atoms. The van der Waals surface area contributed by atoms with Crippen molar-refractivity contribution in [3.05, 3.63) is 18.5 Å². The van der Waals surface area contributed by atoms with Crippen molar-refractivity contribution in [2.45, 2.75) is 24.2 Å². The van der Waals surface area contributed by atoms with Gasteiger partial charge in [-0.2, -0.15) is 0 Å². The number of nitrogens with one attached hydrogen (secondary N) is 2. The average Bonchev–Trinajstić information content (AvgIpc) is 2.37. The lowest BCUT2D eigenvalue weighted by atomic mass is 10.2. The van der Waals surface area contributed by atoms with Crippen molar-refractivity contribution >= 4 is 21.6 Å². The van der Waals surface area contributed by atoms with Crippen LogP contribution in [0, 0.1) is 0 Å². The molecule has 1 heterocycles. The van der Waals surface area contributed by atoms with E-state index in [2.05, 4.69) is 15.1 Å². The first-order valence-corrected chi connectivity index (χ1v) is 7.14. The molecule has 0 aliphatic heterocycles. The van der Waals surface area contributed by atoms with Crippen LogP contribution < -0.4 is 21.7 Å². The number of sulfonamides is 1. The van der Waals surface area contributed by atoms with Crippen LogP contribution in [0.2, 0.25) is 0 Å². The molecule has 0 radical (unpaired) electrons. The Balaban J connectivity index is 2.59. The Labute approximate surface area is 111 Å². The van der Waals surface area contributed by atoms with Gasteiger partial charge in [0.25, 0.3) is 0 Å². The molecule has 106 valence electrons. The third-order valence-corrected chi connectivity index (χ3v) is 3.86. The zero-order valence-corrected chi connectivity index (χ0v) is 11.1. The fourth-order valence-electron chi connectivity index (χ4n) is 1.42. The quantitative estimate of drug-likeness (QED) is 0.283. The maximum Gasteiger partial charge on any atom is 0.244 e. The van der Waals surface area contributed by atoms with Crippen molar-refractivity contribution in [3.8, 4) is 0 Å². The molecule has 1 rings (SSSR count). The number of hydrogen-bond donors (Lipinski definition) is 4. The molecule has 0 unspecified atom stereocenters. The molecule has 0 aliphatic carbocycles. The predicted molar refractivity (Wildman–Crippen MR) is 70.3 cm³/mol. The number of primary amides is 1. The van der Waals surface area contributed by atoms with E-state index in [1.54, 1.807) is 0 Å². The van der Waals surface area contributed by atoms with Crippen molar-refractivity contribution in [1.29, 1.82) is 0 Å². The Bertz CT molecular complexity index is 532. The van der Waals surface area contributed by atoms with Crippen molar-refractivity contribution in [2.75, 3.05) is 12.0 Å². The number of rotatable bonds is 8. The normalized spacial score (nSPS) is 11.2. The summed E-state index contributed by atoms with van der Waals surface area (Å²) < 4.78 is 26.3. The van der Waals surface area contributed by atoms with Crippen LogP contribution in [0.15, 0.2) is 23.4 Å². The highest BCUT2D eigenvalue weighted by Gasteiger charge is 2.17. The van der Waals surface area contributed by atoms with E-state index in [9.17, 15) is 13.2 Å². The second kappa shape index (κ2) is 7.02. The maximum absolute atomic E-state index is 12.0. The summed E-state index contributed by atoms with van der Waals surface area (Å²) in [5, 5.41) is 0. The molecule has 9 heteroatoms. The van der Waals surface area contributed by atoms with E-state index in [1.165, 1.54) is 18.5 Å². The van der Waals surface area contributed by atoms with Gasteiger partial charge in [0, 0.05) is 25.4 Å². The third kappa shape index (κ3) is 4.81. The molecule has 0 saturated carbocycles. The van der Waals surface area contributed by atoms with Crippen LogP contribution in [-0.4, -0.2) is 25.9 Å². The van der Waals surface area contributed by atoms with Gasteiger partial charge in [-0.25, -0.2) is 13.1 Å². The standard InChI is InChI=1S/C10H17N5O3S/c11-10(16)3-1-2-5-14-19(17,18)9-7-13-6-4-8(9)15-12/h4,6-7,14H,1-3,5,12H2,(H2,11,16)(H,13,15). The van der Waals surface area contributed by atoms with Gasteiger partial charge in [0.1, 0.15) is 4.90 Å². The van der Waals surface area contributed by atoms with Gasteiger partial charge in [0.05, 0.1) is 5.69 Å². The number of hydrazine groups is 1. The van der Waals surface area contributed by atoms with E-state index < -0.39 is 15.9 Å². The Morgan fingerprint density at radius 1 is 1.37 bits per heavy atom. The highest BCUT2D eigenvalue weighted by atomic mass is 32.2. The molecule has 8 nitrogen and oxygen atoms in total. The fourth-order valence-corrected chi connectivity index (χ4v) is 2.61. The summed E-state index contributed by atoms with van der Waals surface area (Å²) in [5.41, 5.74) is 7.54. The fraction of sp³-hybridized carbons (Fsp3) is 0.400. The number of carbonyl (C=O) groups is 1. The zero-order valence-electron chi connectivity index (χ0n) is 10.3. The van der Waals surface area contributed by atoms with E-state index in [0.717, 1.165) is 0 Å². The molecule has 1 aromatic rings. The number of aromatic nitrogens is 1. The first kappa shape index (κ1) is 15.3. The summed E-state index contributed by atoms with van der Waals surface area (Å²) in [7, 11) is -3.67. The largest absolute Gasteiger partial charge is 0.370 e. The minimum Gasteiger partial charge on any atom is -0.370 e. The summed E-state index contributed by atoms with van der Waals surface area (Å²) in [6.07, 6.45) is 3.94. The van der Waals surface area contributed by atoms with E-state index in [4.69, 9.17) is 11.6 Å². The van der Waals surface area contributed by atoms with Crippen molar-refractivity contribution in [1.82, 2.24) is 9.71 Å². The first-order valence-electron chi connectivity index (χ1n) is 5.66. The molecule has 6 N–H and O–H groups in total. The summed E-state index contributed by atoms with van der Waals surface area (Å²) in [6.45, 7) is 0.217. The van der Waals surface area contributed by atoms with Gasteiger partial charge in [-0.1, -0.05) is 0 Å². The van der Waals surface area contributed by atoms with Gasteiger partial charge in [-0.05, 0) is 18.9 Å². The van der Waals surface area contributed by atoms with Crippen LogP contribution in [0.5, 0.6) is 0 Å². The van der Waals surface area contributed by atoms with Gasteiger partial charge in [-0.3, -0.25) is 15.6 Å². The number of nitrogens with two attached hydrogens (primary N) is 2. The Morgan fingerprint density at radius 3 is 2.74 bits per heavy atom. The van der Waals surface area contributed by atoms with Gasteiger partial charge in [0.15, 0.2) is 0 Å². The lowest BCUT2D eigenvalue weighted by Crippen LogP contribution is -2.26. The van der Waals surface area contributed by atoms with Crippen LogP contribution in [0.3, 0.4) is 0 Å². The monoisotopic (exact) mass is 287 g/mol. The number of anilines is 1. The number of nitrogens with zero attached hydrogens (tertiary/aromatic N) is 1. The maximum atomic E-state index is 12.0. The van der Waals surface area contributed by atoms with Crippen molar-refractivity contribution in [2.24, 2.45) is 11.6 Å². The second-order valence-corrected chi connectivity index (χ2v) is 5.57. The highest BCUT2D eigenvalue weighted by Crippen LogP contribution is 2.17. The van der Waals surface area contributed by atoms with Crippen LogP contribution in [-0.2, 0) is 14.8 Å². The van der Waals surface area contributed by atoms with Crippen LogP contribution in [0.25, 0.3) is 0 Å². The minimum atomic E-state index is -3.67. The Hall–Kier alpha value is -1.71. The van der Waals surface area contributed by atoms with E-state index in [0.29, 0.717) is 12.8 Å². The topological polar surface area (TPSA) is 140 Å². The summed E-state index contributed by atoms with van der Waals surface area (Å²) in [4.78, 5) is 14.2. The first-order chi connectivity index (χ1) is 8.97. The summed E-state index contributed by atoms with van der Waals surface area (Å²) in [6, 6.07) is 1.46. The minimum absolute atomic E-state index is 0.0209. The Morgan fingerprint density at radius 2 is 2.11 bits per heavy atom. The van der Waals surface area contributed by atoms with Gasteiger partial charge in [0.2, 0.25) is 15.9 Å². The molecular formula is C10H17N5O3S. The van der Waals surface area contributed by atoms with E-state index in [1.807, 2.05) is 0 Å². The molecule has 0 bridgehead atoms. The molecule has 1 amide bonds. The van der Waals surface area contributed by atoms with Crippen LogP contribution in [0.4, 0.5) is 5.69 Å². The molecule has 0 atom stereocenters. The molecular weight excluding hydrogens is 270 g/mol. The lowest BCUT2D eigenvalue weighted by molar-refractivity contribution is -0.118. The lowest BCUT2D eigenvalue weighted by Gasteiger charge is -2.10. The summed E-state index contributed by atoms with van der Waals surface area (Å²) in [5.74, 6) is 4.84. The number of hydrogen-bond acceptors (Lipinski definition) is 6. The molecule has 0 aliphatic rings. The number of pyridine rings is 1. The summed E-state index contributed by atoms with van der Waals surface area (Å²) >= 11 is 0. The average molecular weight is 287 g/mol. The molecule has 0 saturated heterocycles. The molecule has 1 aromatic heterocycles. The van der Waals surface area contributed by atoms with Crippen LogP contribution >= 0.6 is 0 Å². The number of carbonyl (C=O) groups excluding carboxylic acids is 1. The van der Waals surface area contributed by atoms with Gasteiger partial charge >= 0.3 is 0 Å². The molecule has 0 spiro atoms.